The van der Waals surface area contributed by atoms with Gasteiger partial charge in [-0.05, 0) is 46.1 Å². The van der Waals surface area contributed by atoms with E-state index in [2.05, 4.69) is 15.2 Å². The van der Waals surface area contributed by atoms with E-state index in [0.29, 0.717) is 11.7 Å². The summed E-state index contributed by atoms with van der Waals surface area (Å²) in [4.78, 5) is 4.47. The molecule has 102 valence electrons. The van der Waals surface area contributed by atoms with Crippen LogP contribution in [0.2, 0.25) is 0 Å². The number of nitrogens with zero attached hydrogens (tertiary/aromatic N) is 4. The van der Waals surface area contributed by atoms with Crippen molar-refractivity contribution in [1.29, 1.82) is 0 Å². The maximum Gasteiger partial charge on any atom is 0.251 e. The van der Waals surface area contributed by atoms with Gasteiger partial charge in [-0.2, -0.15) is 10.1 Å². The van der Waals surface area contributed by atoms with Crippen LogP contribution in [0.3, 0.4) is 0 Å². The number of aryl methyl sites for hydroxylation is 2. The van der Waals surface area contributed by atoms with Crippen LogP contribution in [0.15, 0.2) is 10.6 Å². The van der Waals surface area contributed by atoms with Crippen LogP contribution in [0.1, 0.15) is 55.3 Å². The van der Waals surface area contributed by atoms with E-state index in [0.717, 1.165) is 30.7 Å². The molecule has 1 saturated carbocycles. The van der Waals surface area contributed by atoms with Gasteiger partial charge in [0, 0.05) is 5.69 Å². The molecule has 1 atom stereocenters. The van der Waals surface area contributed by atoms with Crippen molar-refractivity contribution in [3.05, 3.63) is 29.2 Å². The second kappa shape index (κ2) is 4.16. The first-order chi connectivity index (χ1) is 8.99. The van der Waals surface area contributed by atoms with E-state index in [9.17, 15) is 0 Å². The smallest absolute Gasteiger partial charge is 0.251 e. The summed E-state index contributed by atoms with van der Waals surface area (Å²) in [6.07, 6.45) is 2.99. The minimum atomic E-state index is -0.378. The quantitative estimate of drug-likeness (QED) is 0.911. The van der Waals surface area contributed by atoms with Crippen LogP contribution in [0.4, 0.5) is 0 Å². The Hall–Kier alpha value is -1.69. The molecule has 2 N–H and O–H groups in total. The van der Waals surface area contributed by atoms with Crippen molar-refractivity contribution < 1.29 is 4.52 Å². The molecule has 2 aromatic rings. The summed E-state index contributed by atoms with van der Waals surface area (Å²) in [6.45, 7) is 5.99. The maximum atomic E-state index is 6.20. The van der Waals surface area contributed by atoms with Gasteiger partial charge in [0.05, 0.1) is 11.2 Å². The van der Waals surface area contributed by atoms with Crippen LogP contribution in [0.5, 0.6) is 0 Å². The van der Waals surface area contributed by atoms with Crippen LogP contribution in [0, 0.1) is 13.8 Å². The predicted molar refractivity (Wildman–Crippen MR) is 69.5 cm³/mol. The van der Waals surface area contributed by atoms with Crippen molar-refractivity contribution in [2.24, 2.45) is 5.73 Å². The van der Waals surface area contributed by atoms with Crippen molar-refractivity contribution in [3.8, 4) is 0 Å². The Morgan fingerprint density at radius 2 is 2.16 bits per heavy atom. The molecule has 0 radical (unpaired) electrons. The van der Waals surface area contributed by atoms with E-state index in [1.807, 2.05) is 31.5 Å². The van der Waals surface area contributed by atoms with Crippen molar-refractivity contribution >= 4 is 0 Å². The van der Waals surface area contributed by atoms with Gasteiger partial charge in [0.15, 0.2) is 5.82 Å². The Kier molecular flexibility index (Phi) is 2.70. The molecule has 0 aliphatic heterocycles. The SMILES string of the molecule is Cc1cc(C)n(C(C)c2nc(C3(N)CCC3)no2)n1. The summed E-state index contributed by atoms with van der Waals surface area (Å²) in [6, 6.07) is 1.96. The van der Waals surface area contributed by atoms with Crippen molar-refractivity contribution in [2.45, 2.75) is 51.6 Å². The van der Waals surface area contributed by atoms with Gasteiger partial charge in [-0.3, -0.25) is 4.68 Å². The fraction of sp³-hybridized carbons (Fsp3) is 0.615. The van der Waals surface area contributed by atoms with Crippen LogP contribution in [-0.4, -0.2) is 19.9 Å². The Labute approximate surface area is 112 Å². The van der Waals surface area contributed by atoms with Gasteiger partial charge < -0.3 is 10.3 Å². The molecule has 0 aromatic carbocycles. The molecule has 1 aliphatic rings. The van der Waals surface area contributed by atoms with Gasteiger partial charge in [0.2, 0.25) is 0 Å². The third-order valence-electron chi connectivity index (χ3n) is 3.90. The van der Waals surface area contributed by atoms with Gasteiger partial charge in [-0.15, -0.1) is 0 Å². The van der Waals surface area contributed by atoms with Crippen LogP contribution >= 0.6 is 0 Å². The number of aromatic nitrogens is 4. The molecule has 2 heterocycles. The number of nitrogens with two attached hydrogens (primary N) is 1. The van der Waals surface area contributed by atoms with Crippen LogP contribution in [0.25, 0.3) is 0 Å². The highest BCUT2D eigenvalue weighted by Gasteiger charge is 2.39. The summed E-state index contributed by atoms with van der Waals surface area (Å²) >= 11 is 0. The van der Waals surface area contributed by atoms with E-state index in [1.54, 1.807) is 0 Å². The number of rotatable bonds is 3. The summed E-state index contributed by atoms with van der Waals surface area (Å²) in [7, 11) is 0. The predicted octanol–water partition coefficient (Wildman–Crippen LogP) is 1.83. The first-order valence-electron chi connectivity index (χ1n) is 6.65. The van der Waals surface area contributed by atoms with Gasteiger partial charge in [-0.25, -0.2) is 0 Å². The average Bonchev–Trinajstić information content (AvgIpc) is 2.92. The van der Waals surface area contributed by atoms with Crippen molar-refractivity contribution in [3.63, 3.8) is 0 Å². The average molecular weight is 261 g/mol. The first-order valence-corrected chi connectivity index (χ1v) is 6.65. The standard InChI is InChI=1S/C13H19N5O/c1-8-7-9(2)18(16-8)10(3)11-15-12(17-19-11)13(14)5-4-6-13/h7,10H,4-6,14H2,1-3H3. The molecule has 6 nitrogen and oxygen atoms in total. The summed E-state index contributed by atoms with van der Waals surface area (Å²) in [5.41, 5.74) is 7.89. The fourth-order valence-electron chi connectivity index (χ4n) is 2.53. The number of hydrogen-bond acceptors (Lipinski definition) is 5. The monoisotopic (exact) mass is 261 g/mol. The van der Waals surface area contributed by atoms with E-state index in [1.165, 1.54) is 0 Å². The molecule has 19 heavy (non-hydrogen) atoms. The van der Waals surface area contributed by atoms with E-state index >= 15 is 0 Å². The van der Waals surface area contributed by atoms with Crippen molar-refractivity contribution in [2.75, 3.05) is 0 Å². The van der Waals surface area contributed by atoms with Crippen LogP contribution < -0.4 is 5.73 Å². The lowest BCUT2D eigenvalue weighted by Gasteiger charge is -2.34. The Balaban J connectivity index is 1.88. The van der Waals surface area contributed by atoms with E-state index < -0.39 is 0 Å². The van der Waals surface area contributed by atoms with E-state index in [-0.39, 0.29) is 11.6 Å². The Morgan fingerprint density at radius 3 is 2.68 bits per heavy atom. The molecule has 1 fully saturated rings. The molecular weight excluding hydrogens is 242 g/mol. The molecule has 0 bridgehead atoms. The highest BCUT2D eigenvalue weighted by atomic mass is 16.5. The maximum absolute atomic E-state index is 6.20. The zero-order chi connectivity index (χ0) is 13.6. The lowest BCUT2D eigenvalue weighted by molar-refractivity contribution is 0.228. The minimum Gasteiger partial charge on any atom is -0.337 e. The Bertz CT molecular complexity index is 596. The minimum absolute atomic E-state index is 0.0707. The third kappa shape index (κ3) is 1.96. The van der Waals surface area contributed by atoms with Crippen LogP contribution in [-0.2, 0) is 5.54 Å². The zero-order valence-corrected chi connectivity index (χ0v) is 11.6. The molecule has 1 unspecified atom stereocenters. The second-order valence-electron chi connectivity index (χ2n) is 5.51. The highest BCUT2D eigenvalue weighted by molar-refractivity contribution is 5.12. The van der Waals surface area contributed by atoms with Gasteiger partial charge in [-0.1, -0.05) is 5.16 Å². The molecule has 3 rings (SSSR count). The van der Waals surface area contributed by atoms with Gasteiger partial charge in [0.1, 0.15) is 6.04 Å². The molecule has 1 aliphatic carbocycles. The largest absolute Gasteiger partial charge is 0.337 e. The molecule has 0 spiro atoms. The number of hydrogen-bond donors (Lipinski definition) is 1. The lowest BCUT2D eigenvalue weighted by atomic mass is 9.77. The molecule has 0 amide bonds. The highest BCUT2D eigenvalue weighted by Crippen LogP contribution is 2.37. The molecule has 6 heteroatoms. The summed E-state index contributed by atoms with van der Waals surface area (Å²) < 4.78 is 7.26. The molecule has 0 saturated heterocycles. The van der Waals surface area contributed by atoms with Gasteiger partial charge >= 0.3 is 0 Å². The summed E-state index contributed by atoms with van der Waals surface area (Å²) in [5, 5.41) is 8.49. The van der Waals surface area contributed by atoms with Crippen molar-refractivity contribution in [1.82, 2.24) is 19.9 Å². The third-order valence-corrected chi connectivity index (χ3v) is 3.90. The first kappa shape index (κ1) is 12.3. The molecule has 2 aromatic heterocycles. The fourth-order valence-corrected chi connectivity index (χ4v) is 2.53. The van der Waals surface area contributed by atoms with E-state index in [4.69, 9.17) is 10.3 Å². The van der Waals surface area contributed by atoms with Gasteiger partial charge in [0.25, 0.3) is 5.89 Å². The topological polar surface area (TPSA) is 82.8 Å². The summed E-state index contributed by atoms with van der Waals surface area (Å²) in [5.74, 6) is 1.19. The second-order valence-corrected chi connectivity index (χ2v) is 5.51. The zero-order valence-electron chi connectivity index (χ0n) is 11.6. The Morgan fingerprint density at radius 1 is 1.42 bits per heavy atom. The normalized spacial score (nSPS) is 19.2. The molecular formula is C13H19N5O. The lowest BCUT2D eigenvalue weighted by Crippen LogP contribution is -2.44.